The Morgan fingerprint density at radius 1 is 0.833 bits per heavy atom. The molecule has 0 fully saturated rings. The van der Waals surface area contributed by atoms with Crippen molar-refractivity contribution in [2.24, 2.45) is 0 Å². The Bertz CT molecular complexity index is 989. The molecule has 0 aliphatic heterocycles. The Kier molecular flexibility index (Phi) is 7.58. The van der Waals surface area contributed by atoms with E-state index in [1.807, 2.05) is 54.6 Å². The van der Waals surface area contributed by atoms with Crippen molar-refractivity contribution in [3.05, 3.63) is 101 Å². The Morgan fingerprint density at radius 3 is 2.33 bits per heavy atom. The van der Waals surface area contributed by atoms with Crippen LogP contribution in [0.15, 0.2) is 78.9 Å². The fraction of sp³-hybridized carbons (Fsp3) is 0.167. The van der Waals surface area contributed by atoms with Crippen LogP contribution in [0, 0.1) is 0 Å². The minimum absolute atomic E-state index is 0.233. The van der Waals surface area contributed by atoms with Gasteiger partial charge in [-0.2, -0.15) is 0 Å². The third kappa shape index (κ3) is 6.18. The molecule has 0 saturated heterocycles. The van der Waals surface area contributed by atoms with Gasteiger partial charge >= 0.3 is 6.09 Å². The molecule has 0 radical (unpaired) electrons. The highest BCUT2D eigenvalue weighted by molar-refractivity contribution is 5.96. The molecule has 0 aromatic heterocycles. The van der Waals surface area contributed by atoms with Crippen LogP contribution in [-0.2, 0) is 29.2 Å². The van der Waals surface area contributed by atoms with Crippen molar-refractivity contribution >= 4 is 17.7 Å². The minimum atomic E-state index is -0.586. The van der Waals surface area contributed by atoms with E-state index in [1.165, 1.54) is 7.11 Å². The second-order valence-corrected chi connectivity index (χ2v) is 6.63. The zero-order chi connectivity index (χ0) is 21.2. The number of amides is 2. The molecule has 3 rings (SSSR count). The zero-order valence-corrected chi connectivity index (χ0v) is 16.8. The molecule has 154 valence electrons. The maximum absolute atomic E-state index is 12.5. The van der Waals surface area contributed by atoms with E-state index in [-0.39, 0.29) is 5.91 Å². The molecule has 2 N–H and O–H groups in total. The fourth-order valence-corrected chi connectivity index (χ4v) is 2.91. The number of anilines is 1. The van der Waals surface area contributed by atoms with Gasteiger partial charge in [0, 0.05) is 17.8 Å². The smallest absolute Gasteiger partial charge is 0.411 e. The molecule has 0 unspecified atom stereocenters. The highest BCUT2D eigenvalue weighted by atomic mass is 16.5. The Hall–Kier alpha value is -3.64. The average molecular weight is 404 g/mol. The van der Waals surface area contributed by atoms with Gasteiger partial charge in [-0.05, 0) is 34.9 Å². The molecule has 0 heterocycles. The maximum atomic E-state index is 12.5. The summed E-state index contributed by atoms with van der Waals surface area (Å²) in [6, 6.07) is 24.5. The van der Waals surface area contributed by atoms with E-state index >= 15 is 0 Å². The van der Waals surface area contributed by atoms with Crippen LogP contribution < -0.4 is 10.6 Å². The van der Waals surface area contributed by atoms with Crippen molar-refractivity contribution < 1.29 is 19.1 Å². The van der Waals surface area contributed by atoms with Crippen molar-refractivity contribution in [2.45, 2.75) is 19.8 Å². The summed E-state index contributed by atoms with van der Waals surface area (Å²) in [5, 5.41) is 5.47. The van der Waals surface area contributed by atoms with Crippen molar-refractivity contribution in [2.75, 3.05) is 12.4 Å². The van der Waals surface area contributed by atoms with Crippen LogP contribution >= 0.6 is 0 Å². The van der Waals surface area contributed by atoms with Crippen molar-refractivity contribution in [3.63, 3.8) is 0 Å². The molecule has 0 aliphatic carbocycles. The monoisotopic (exact) mass is 404 g/mol. The number of carbonyl (C=O) groups is 2. The maximum Gasteiger partial charge on any atom is 0.411 e. The summed E-state index contributed by atoms with van der Waals surface area (Å²) in [4.78, 5) is 23.9. The lowest BCUT2D eigenvalue weighted by Gasteiger charge is -2.12. The fourth-order valence-electron chi connectivity index (χ4n) is 2.91. The van der Waals surface area contributed by atoms with Gasteiger partial charge in [-0.15, -0.1) is 0 Å². The molecule has 0 aliphatic rings. The Morgan fingerprint density at radius 2 is 1.57 bits per heavy atom. The predicted octanol–water partition coefficient (Wildman–Crippen LogP) is 4.51. The van der Waals surface area contributed by atoms with Gasteiger partial charge in [0.2, 0.25) is 0 Å². The van der Waals surface area contributed by atoms with Gasteiger partial charge < -0.3 is 14.8 Å². The lowest BCUT2D eigenvalue weighted by Crippen LogP contribution is -2.23. The summed E-state index contributed by atoms with van der Waals surface area (Å²) in [6.07, 6.45) is -0.586. The number of hydrogen-bond donors (Lipinski definition) is 2. The second kappa shape index (κ2) is 10.8. The molecule has 0 saturated carbocycles. The highest BCUT2D eigenvalue weighted by Crippen LogP contribution is 2.14. The van der Waals surface area contributed by atoms with Crippen molar-refractivity contribution in [1.29, 1.82) is 0 Å². The summed E-state index contributed by atoms with van der Waals surface area (Å²) >= 11 is 0. The number of methoxy groups -OCH3 is 1. The largest absolute Gasteiger partial charge is 0.453 e. The molecular formula is C24H24N2O4. The van der Waals surface area contributed by atoms with Crippen LogP contribution in [0.5, 0.6) is 0 Å². The number of rotatable bonds is 8. The summed E-state index contributed by atoms with van der Waals surface area (Å²) in [6.45, 7) is 1.36. The van der Waals surface area contributed by atoms with Crippen LogP contribution in [0.4, 0.5) is 10.5 Å². The number of benzene rings is 3. The zero-order valence-electron chi connectivity index (χ0n) is 16.8. The van der Waals surface area contributed by atoms with E-state index in [0.29, 0.717) is 31.0 Å². The SMILES string of the molecule is COC(=O)Nc1cccc(C(=O)NCc2ccccc2COCc2ccccc2)c1. The Labute approximate surface area is 175 Å². The van der Waals surface area contributed by atoms with Crippen LogP contribution in [0.2, 0.25) is 0 Å². The normalized spacial score (nSPS) is 10.3. The van der Waals surface area contributed by atoms with E-state index in [4.69, 9.17) is 4.74 Å². The number of hydrogen-bond acceptors (Lipinski definition) is 4. The first-order valence-corrected chi connectivity index (χ1v) is 9.57. The first kappa shape index (κ1) is 21.1. The van der Waals surface area contributed by atoms with Crippen molar-refractivity contribution in [3.8, 4) is 0 Å². The van der Waals surface area contributed by atoms with Crippen molar-refractivity contribution in [1.82, 2.24) is 5.32 Å². The highest BCUT2D eigenvalue weighted by Gasteiger charge is 2.09. The standard InChI is InChI=1S/C24H24N2O4/c1-29-24(28)26-22-13-7-12-19(14-22)23(27)25-15-20-10-5-6-11-21(20)17-30-16-18-8-3-2-4-9-18/h2-14H,15-17H2,1H3,(H,25,27)(H,26,28). The van der Waals surface area contributed by atoms with Gasteiger partial charge in [0.25, 0.3) is 5.91 Å². The predicted molar refractivity (Wildman–Crippen MR) is 115 cm³/mol. The molecule has 6 heteroatoms. The van der Waals surface area contributed by atoms with E-state index in [1.54, 1.807) is 24.3 Å². The lowest BCUT2D eigenvalue weighted by atomic mass is 10.1. The van der Waals surface area contributed by atoms with Gasteiger partial charge in [-0.25, -0.2) is 4.79 Å². The van der Waals surface area contributed by atoms with Gasteiger partial charge in [0.1, 0.15) is 0 Å². The van der Waals surface area contributed by atoms with Gasteiger partial charge in [0.15, 0.2) is 0 Å². The summed E-state index contributed by atoms with van der Waals surface area (Å²) in [5.41, 5.74) is 4.06. The van der Waals surface area contributed by atoms with Gasteiger partial charge in [0.05, 0.1) is 20.3 Å². The number of ether oxygens (including phenoxy) is 2. The van der Waals surface area contributed by atoms with E-state index in [9.17, 15) is 9.59 Å². The molecule has 0 spiro atoms. The molecule has 2 amide bonds. The van der Waals surface area contributed by atoms with E-state index < -0.39 is 6.09 Å². The molecule has 30 heavy (non-hydrogen) atoms. The molecule has 6 nitrogen and oxygen atoms in total. The molecule has 3 aromatic carbocycles. The Balaban J connectivity index is 1.57. The number of carbonyl (C=O) groups excluding carboxylic acids is 2. The molecule has 3 aromatic rings. The topological polar surface area (TPSA) is 76.7 Å². The second-order valence-electron chi connectivity index (χ2n) is 6.63. The summed E-state index contributed by atoms with van der Waals surface area (Å²) < 4.78 is 10.4. The third-order valence-corrected chi connectivity index (χ3v) is 4.48. The third-order valence-electron chi connectivity index (χ3n) is 4.48. The van der Waals surface area contributed by atoms with Crippen LogP contribution in [0.25, 0.3) is 0 Å². The first-order chi connectivity index (χ1) is 14.7. The summed E-state index contributed by atoms with van der Waals surface area (Å²) in [5.74, 6) is -0.233. The number of nitrogens with one attached hydrogen (secondary N) is 2. The minimum Gasteiger partial charge on any atom is -0.453 e. The average Bonchev–Trinajstić information content (AvgIpc) is 2.79. The quantitative estimate of drug-likeness (QED) is 0.579. The van der Waals surface area contributed by atoms with Gasteiger partial charge in [-0.3, -0.25) is 10.1 Å². The van der Waals surface area contributed by atoms with Crippen LogP contribution in [0.1, 0.15) is 27.0 Å². The molecule has 0 atom stereocenters. The van der Waals surface area contributed by atoms with E-state index in [0.717, 1.165) is 16.7 Å². The van der Waals surface area contributed by atoms with Crippen LogP contribution in [-0.4, -0.2) is 19.1 Å². The molecule has 0 bridgehead atoms. The molecular weight excluding hydrogens is 380 g/mol. The summed E-state index contributed by atoms with van der Waals surface area (Å²) in [7, 11) is 1.28. The van der Waals surface area contributed by atoms with Crippen LogP contribution in [0.3, 0.4) is 0 Å². The van der Waals surface area contributed by atoms with E-state index in [2.05, 4.69) is 15.4 Å². The van der Waals surface area contributed by atoms with Gasteiger partial charge in [-0.1, -0.05) is 60.7 Å². The lowest BCUT2D eigenvalue weighted by molar-refractivity contribution is 0.0947. The first-order valence-electron chi connectivity index (χ1n) is 9.57.